The highest BCUT2D eigenvalue weighted by Gasteiger charge is 2.28. The Morgan fingerprint density at radius 2 is 1.90 bits per heavy atom. The van der Waals surface area contributed by atoms with Crippen LogP contribution >= 0.6 is 23.2 Å². The van der Waals surface area contributed by atoms with E-state index >= 15 is 0 Å². The van der Waals surface area contributed by atoms with Gasteiger partial charge in [-0.2, -0.15) is 0 Å². The number of nitrogens with zero attached hydrogens (tertiary/aromatic N) is 1. The molecule has 0 atom stereocenters. The van der Waals surface area contributed by atoms with Crippen LogP contribution in [0.3, 0.4) is 0 Å². The molecule has 0 saturated heterocycles. The predicted molar refractivity (Wildman–Crippen MR) is 117 cm³/mol. The number of aromatic nitrogens is 1. The van der Waals surface area contributed by atoms with Gasteiger partial charge in [-0.1, -0.05) is 47.5 Å². The van der Waals surface area contributed by atoms with Gasteiger partial charge in [0.05, 0.1) is 33.9 Å². The zero-order valence-corrected chi connectivity index (χ0v) is 17.6. The summed E-state index contributed by atoms with van der Waals surface area (Å²) in [5, 5.41) is 1.66. The summed E-state index contributed by atoms with van der Waals surface area (Å²) in [6, 6.07) is 12.8. The van der Waals surface area contributed by atoms with Crippen molar-refractivity contribution in [1.29, 1.82) is 0 Å². The first-order chi connectivity index (χ1) is 14.5. The van der Waals surface area contributed by atoms with Crippen molar-refractivity contribution in [2.45, 2.75) is 12.8 Å². The van der Waals surface area contributed by atoms with Gasteiger partial charge in [-0.05, 0) is 53.8 Å². The summed E-state index contributed by atoms with van der Waals surface area (Å²) in [6.07, 6.45) is 3.36. The van der Waals surface area contributed by atoms with E-state index in [1.165, 1.54) is 7.11 Å². The highest BCUT2D eigenvalue weighted by atomic mass is 35.5. The van der Waals surface area contributed by atoms with Gasteiger partial charge in [0, 0.05) is 5.39 Å². The minimum absolute atomic E-state index is 0.438. The molecule has 2 aromatic carbocycles. The molecular weight excluding hydrogens is 425 g/mol. The molecule has 4 rings (SSSR count). The Balaban J connectivity index is 1.80. The van der Waals surface area contributed by atoms with Gasteiger partial charge in [0.25, 0.3) is 0 Å². The molecule has 0 aliphatic heterocycles. The molecule has 30 heavy (non-hydrogen) atoms. The lowest BCUT2D eigenvalue weighted by Crippen LogP contribution is -2.17. The van der Waals surface area contributed by atoms with Crippen LogP contribution in [0.15, 0.2) is 42.5 Å². The summed E-state index contributed by atoms with van der Waals surface area (Å²) in [4.78, 5) is 29.1. The molecule has 0 radical (unpaired) electrons. The molecular formula is C23H17Cl2NO4. The van der Waals surface area contributed by atoms with E-state index in [0.29, 0.717) is 32.9 Å². The van der Waals surface area contributed by atoms with Gasteiger partial charge in [0.2, 0.25) is 0 Å². The number of hydrogen-bond acceptors (Lipinski definition) is 5. The summed E-state index contributed by atoms with van der Waals surface area (Å²) in [5.74, 6) is -1.18. The molecule has 0 fully saturated rings. The molecule has 0 saturated carbocycles. The molecule has 1 aromatic heterocycles. The maximum absolute atomic E-state index is 12.9. The third-order valence-corrected chi connectivity index (χ3v) is 5.72. The van der Waals surface area contributed by atoms with E-state index in [0.717, 1.165) is 28.8 Å². The first kappa shape index (κ1) is 20.4. The second kappa shape index (κ2) is 8.46. The van der Waals surface area contributed by atoms with Crippen LogP contribution in [0.25, 0.3) is 22.6 Å². The van der Waals surface area contributed by atoms with E-state index in [1.807, 2.05) is 36.4 Å². The van der Waals surface area contributed by atoms with Crippen LogP contribution in [-0.4, -0.2) is 30.6 Å². The molecule has 1 heterocycles. The number of rotatable bonds is 4. The Morgan fingerprint density at radius 3 is 2.67 bits per heavy atom. The van der Waals surface area contributed by atoms with E-state index in [2.05, 4.69) is 4.74 Å². The minimum atomic E-state index is -0.612. The minimum Gasteiger partial charge on any atom is -0.466 e. The van der Waals surface area contributed by atoms with Crippen LogP contribution in [0.4, 0.5) is 0 Å². The Labute approximate surface area is 183 Å². The van der Waals surface area contributed by atoms with Crippen LogP contribution in [0.2, 0.25) is 10.0 Å². The Bertz CT molecular complexity index is 1200. The SMILES string of the molecule is COC(=O)COC(=O)c1c2c(nc3ccccc13)/C(=C/c1ccc(Cl)c(Cl)c1)CC2. The summed E-state index contributed by atoms with van der Waals surface area (Å²) in [6.45, 7) is -0.438. The number of allylic oxidation sites excluding steroid dienone is 1. The quantitative estimate of drug-likeness (QED) is 0.509. The lowest BCUT2D eigenvalue weighted by Gasteiger charge is -2.12. The lowest BCUT2D eigenvalue weighted by atomic mass is 10.0. The second-order valence-electron chi connectivity index (χ2n) is 6.83. The summed E-state index contributed by atoms with van der Waals surface area (Å²) in [5.41, 5.74) is 4.59. The predicted octanol–water partition coefficient (Wildman–Crippen LogP) is 5.36. The molecule has 0 N–H and O–H groups in total. The molecule has 152 valence electrons. The van der Waals surface area contributed by atoms with Crippen LogP contribution in [0, 0.1) is 0 Å². The number of fused-ring (bicyclic) bond motifs is 2. The summed E-state index contributed by atoms with van der Waals surface area (Å²) in [7, 11) is 1.25. The molecule has 5 nitrogen and oxygen atoms in total. The van der Waals surface area contributed by atoms with Gasteiger partial charge in [0.15, 0.2) is 6.61 Å². The van der Waals surface area contributed by atoms with Crippen LogP contribution in [0.5, 0.6) is 0 Å². The smallest absolute Gasteiger partial charge is 0.344 e. The number of methoxy groups -OCH3 is 1. The Kier molecular flexibility index (Phi) is 5.75. The fraction of sp³-hybridized carbons (Fsp3) is 0.174. The zero-order valence-electron chi connectivity index (χ0n) is 16.1. The average molecular weight is 442 g/mol. The maximum atomic E-state index is 12.9. The number of ether oxygens (including phenoxy) is 2. The fourth-order valence-corrected chi connectivity index (χ4v) is 3.88. The van der Waals surface area contributed by atoms with Crippen molar-refractivity contribution >= 4 is 57.7 Å². The molecule has 0 bridgehead atoms. The number of esters is 2. The van der Waals surface area contributed by atoms with Crippen molar-refractivity contribution in [1.82, 2.24) is 4.98 Å². The zero-order chi connectivity index (χ0) is 21.3. The first-order valence-corrected chi connectivity index (χ1v) is 10.0. The third-order valence-electron chi connectivity index (χ3n) is 4.98. The average Bonchev–Trinajstić information content (AvgIpc) is 3.14. The topological polar surface area (TPSA) is 65.5 Å². The number of hydrogen-bond donors (Lipinski definition) is 0. The van der Waals surface area contributed by atoms with Gasteiger partial charge in [-0.3, -0.25) is 0 Å². The molecule has 7 heteroatoms. The van der Waals surface area contributed by atoms with Crippen molar-refractivity contribution < 1.29 is 19.1 Å². The first-order valence-electron chi connectivity index (χ1n) is 9.29. The number of benzene rings is 2. The van der Waals surface area contributed by atoms with Crippen LogP contribution < -0.4 is 0 Å². The van der Waals surface area contributed by atoms with E-state index in [4.69, 9.17) is 32.9 Å². The van der Waals surface area contributed by atoms with E-state index in [1.54, 1.807) is 12.1 Å². The molecule has 3 aromatic rings. The second-order valence-corrected chi connectivity index (χ2v) is 7.64. The number of para-hydroxylation sites is 1. The maximum Gasteiger partial charge on any atom is 0.344 e. The number of pyridine rings is 1. The molecule has 0 spiro atoms. The van der Waals surface area contributed by atoms with Gasteiger partial charge in [-0.15, -0.1) is 0 Å². The monoisotopic (exact) mass is 441 g/mol. The van der Waals surface area contributed by atoms with Gasteiger partial charge >= 0.3 is 11.9 Å². The molecule has 0 amide bonds. The van der Waals surface area contributed by atoms with Gasteiger partial charge in [0.1, 0.15) is 0 Å². The van der Waals surface area contributed by atoms with Gasteiger partial charge < -0.3 is 9.47 Å². The number of carbonyl (C=O) groups is 2. The Hall–Kier alpha value is -2.89. The van der Waals surface area contributed by atoms with E-state index in [9.17, 15) is 9.59 Å². The highest BCUT2D eigenvalue weighted by Crippen LogP contribution is 2.38. The van der Waals surface area contributed by atoms with Crippen LogP contribution in [0.1, 0.15) is 33.6 Å². The van der Waals surface area contributed by atoms with Crippen molar-refractivity contribution in [2.24, 2.45) is 0 Å². The largest absolute Gasteiger partial charge is 0.466 e. The van der Waals surface area contributed by atoms with E-state index < -0.39 is 18.5 Å². The third kappa shape index (κ3) is 3.91. The normalized spacial score (nSPS) is 14.0. The molecule has 0 unspecified atom stereocenters. The lowest BCUT2D eigenvalue weighted by molar-refractivity contribution is -0.144. The summed E-state index contributed by atoms with van der Waals surface area (Å²) < 4.78 is 9.76. The molecule has 1 aliphatic rings. The number of carbonyl (C=O) groups excluding carboxylic acids is 2. The number of halogens is 2. The van der Waals surface area contributed by atoms with E-state index in [-0.39, 0.29) is 0 Å². The molecule has 1 aliphatic carbocycles. The fourth-order valence-electron chi connectivity index (χ4n) is 3.57. The van der Waals surface area contributed by atoms with Crippen molar-refractivity contribution in [3.63, 3.8) is 0 Å². The van der Waals surface area contributed by atoms with Gasteiger partial charge in [-0.25, -0.2) is 14.6 Å². The standard InChI is InChI=1S/C23H17Cl2NO4/c1-29-20(27)12-30-23(28)21-15-4-2-3-5-19(15)26-22-14(7-8-16(21)22)10-13-6-9-17(24)18(25)11-13/h2-6,9-11H,7-8,12H2,1H3/b14-10+. The van der Waals surface area contributed by atoms with Crippen molar-refractivity contribution in [3.8, 4) is 0 Å². The summed E-state index contributed by atoms with van der Waals surface area (Å²) >= 11 is 12.2. The van der Waals surface area contributed by atoms with Crippen LogP contribution in [-0.2, 0) is 20.7 Å². The van der Waals surface area contributed by atoms with Crippen molar-refractivity contribution in [3.05, 3.63) is 74.9 Å². The highest BCUT2D eigenvalue weighted by molar-refractivity contribution is 6.42. The van der Waals surface area contributed by atoms with Crippen molar-refractivity contribution in [2.75, 3.05) is 13.7 Å². The Morgan fingerprint density at radius 1 is 1.10 bits per heavy atom.